The fourth-order valence-corrected chi connectivity index (χ4v) is 2.73. The zero-order chi connectivity index (χ0) is 17.1. The van der Waals surface area contributed by atoms with Crippen LogP contribution in [0.25, 0.3) is 17.1 Å². The Morgan fingerprint density at radius 2 is 2.04 bits per heavy atom. The van der Waals surface area contributed by atoms with E-state index in [-0.39, 0.29) is 5.91 Å². The first-order valence-corrected chi connectivity index (χ1v) is 8.44. The molecule has 1 N–H and O–H groups in total. The number of aryl methyl sites for hydroxylation is 2. The van der Waals surface area contributed by atoms with Gasteiger partial charge < -0.3 is 9.73 Å². The Labute approximate surface area is 141 Å². The van der Waals surface area contributed by atoms with Gasteiger partial charge in [-0.3, -0.25) is 9.20 Å². The van der Waals surface area contributed by atoms with Crippen LogP contribution in [0, 0.1) is 13.8 Å². The predicted octanol–water partition coefficient (Wildman–Crippen LogP) is 4.73. The second kappa shape index (κ2) is 6.91. The normalized spacial score (nSPS) is 11.1. The molecule has 24 heavy (non-hydrogen) atoms. The van der Waals surface area contributed by atoms with Crippen molar-refractivity contribution in [2.24, 2.45) is 0 Å². The van der Waals surface area contributed by atoms with Gasteiger partial charge in [-0.1, -0.05) is 25.8 Å². The minimum Gasteiger partial charge on any atom is -0.460 e. The maximum atomic E-state index is 12.3. The number of furan rings is 1. The van der Waals surface area contributed by atoms with Crippen LogP contribution in [0.15, 0.2) is 34.9 Å². The number of pyridine rings is 1. The van der Waals surface area contributed by atoms with E-state index in [1.165, 1.54) is 0 Å². The van der Waals surface area contributed by atoms with Crippen LogP contribution in [-0.2, 0) is 4.79 Å². The molecular formula is C19H23N3O2. The Balaban J connectivity index is 1.99. The molecule has 5 heteroatoms. The number of hydrogen-bond donors (Lipinski definition) is 1. The van der Waals surface area contributed by atoms with Crippen molar-refractivity contribution >= 4 is 17.4 Å². The van der Waals surface area contributed by atoms with Crippen molar-refractivity contribution in [1.29, 1.82) is 0 Å². The van der Waals surface area contributed by atoms with Crippen LogP contribution in [-0.4, -0.2) is 15.3 Å². The number of carbonyl (C=O) groups is 1. The van der Waals surface area contributed by atoms with Crippen LogP contribution in [0.3, 0.4) is 0 Å². The fourth-order valence-electron chi connectivity index (χ4n) is 2.73. The lowest BCUT2D eigenvalue weighted by atomic mass is 10.2. The molecule has 0 aliphatic rings. The van der Waals surface area contributed by atoms with Crippen LogP contribution >= 0.6 is 0 Å². The molecule has 1 amide bonds. The lowest BCUT2D eigenvalue weighted by molar-refractivity contribution is -0.116. The fraction of sp³-hybridized carbons (Fsp3) is 0.368. The summed E-state index contributed by atoms with van der Waals surface area (Å²) in [5.41, 5.74) is 2.55. The molecule has 0 aromatic carbocycles. The summed E-state index contributed by atoms with van der Waals surface area (Å²) < 4.78 is 7.64. The first-order chi connectivity index (χ1) is 11.6. The zero-order valence-electron chi connectivity index (χ0n) is 14.4. The van der Waals surface area contributed by atoms with Gasteiger partial charge in [0.15, 0.2) is 5.76 Å². The third-order valence-corrected chi connectivity index (χ3v) is 4.01. The Bertz CT molecular complexity index is 861. The molecule has 0 bridgehead atoms. The average molecular weight is 325 g/mol. The number of unbranched alkanes of at least 4 members (excludes halogenated alkanes) is 2. The van der Waals surface area contributed by atoms with Crippen molar-refractivity contribution in [3.05, 3.63) is 41.8 Å². The minimum absolute atomic E-state index is 0.0104. The van der Waals surface area contributed by atoms with Crippen molar-refractivity contribution in [3.8, 4) is 11.5 Å². The third-order valence-electron chi connectivity index (χ3n) is 4.01. The summed E-state index contributed by atoms with van der Waals surface area (Å²) in [6, 6.07) is 7.74. The molecule has 0 spiro atoms. The topological polar surface area (TPSA) is 59.5 Å². The van der Waals surface area contributed by atoms with E-state index in [4.69, 9.17) is 4.42 Å². The van der Waals surface area contributed by atoms with Crippen molar-refractivity contribution in [2.75, 3.05) is 5.32 Å². The molecule has 0 saturated heterocycles. The van der Waals surface area contributed by atoms with Crippen LogP contribution in [0.2, 0.25) is 0 Å². The van der Waals surface area contributed by atoms with E-state index >= 15 is 0 Å². The number of carbonyl (C=O) groups excluding carboxylic acids is 1. The number of imidazole rings is 1. The lowest BCUT2D eigenvalue weighted by Gasteiger charge is -2.07. The van der Waals surface area contributed by atoms with Crippen molar-refractivity contribution in [3.63, 3.8) is 0 Å². The quantitative estimate of drug-likeness (QED) is 0.666. The standard InChI is InChI=1S/C19H23N3O2/c1-4-5-6-7-17(23)21-19-18(15-10-9-14(3)24-15)20-16-11-8-13(2)12-22(16)19/h8-12H,4-7H2,1-3H3,(H,21,23). The molecule has 0 unspecified atom stereocenters. The molecule has 3 heterocycles. The summed E-state index contributed by atoms with van der Waals surface area (Å²) in [4.78, 5) is 17.0. The Kier molecular flexibility index (Phi) is 4.69. The molecular weight excluding hydrogens is 302 g/mol. The number of aromatic nitrogens is 2. The van der Waals surface area contributed by atoms with E-state index in [1.54, 1.807) is 0 Å². The number of rotatable bonds is 6. The largest absolute Gasteiger partial charge is 0.460 e. The number of nitrogens with zero attached hydrogens (tertiary/aromatic N) is 2. The molecule has 0 radical (unpaired) electrons. The third kappa shape index (κ3) is 3.35. The van der Waals surface area contributed by atoms with Gasteiger partial charge in [-0.05, 0) is 44.0 Å². The molecule has 0 aliphatic heterocycles. The Morgan fingerprint density at radius 1 is 1.21 bits per heavy atom. The van der Waals surface area contributed by atoms with E-state index in [0.717, 1.165) is 36.2 Å². The van der Waals surface area contributed by atoms with E-state index in [0.29, 0.717) is 23.7 Å². The van der Waals surface area contributed by atoms with E-state index < -0.39 is 0 Å². The van der Waals surface area contributed by atoms with E-state index in [2.05, 4.69) is 17.2 Å². The number of fused-ring (bicyclic) bond motifs is 1. The second-order valence-corrected chi connectivity index (χ2v) is 6.16. The summed E-state index contributed by atoms with van der Waals surface area (Å²) in [6.45, 7) is 6.04. The van der Waals surface area contributed by atoms with Gasteiger partial charge in [-0.2, -0.15) is 0 Å². The second-order valence-electron chi connectivity index (χ2n) is 6.16. The van der Waals surface area contributed by atoms with Gasteiger partial charge in [-0.25, -0.2) is 4.98 Å². The first kappa shape index (κ1) is 16.3. The molecule has 0 atom stereocenters. The van der Waals surface area contributed by atoms with Gasteiger partial charge in [0.25, 0.3) is 0 Å². The highest BCUT2D eigenvalue weighted by Gasteiger charge is 2.18. The predicted molar refractivity (Wildman–Crippen MR) is 95.1 cm³/mol. The van der Waals surface area contributed by atoms with Gasteiger partial charge in [-0.15, -0.1) is 0 Å². The van der Waals surface area contributed by atoms with E-state index in [1.807, 2.05) is 48.7 Å². The Morgan fingerprint density at radius 3 is 2.75 bits per heavy atom. The highest BCUT2D eigenvalue weighted by molar-refractivity contribution is 5.94. The van der Waals surface area contributed by atoms with Crippen molar-refractivity contribution < 1.29 is 9.21 Å². The molecule has 0 fully saturated rings. The number of nitrogens with one attached hydrogen (secondary N) is 1. The van der Waals surface area contributed by atoms with E-state index in [9.17, 15) is 4.79 Å². The number of amides is 1. The maximum absolute atomic E-state index is 12.3. The summed E-state index contributed by atoms with van der Waals surface area (Å²) in [7, 11) is 0. The highest BCUT2D eigenvalue weighted by Crippen LogP contribution is 2.30. The van der Waals surface area contributed by atoms with Crippen LogP contribution < -0.4 is 5.32 Å². The first-order valence-electron chi connectivity index (χ1n) is 8.44. The molecule has 126 valence electrons. The molecule has 0 saturated carbocycles. The van der Waals surface area contributed by atoms with Crippen molar-refractivity contribution in [2.45, 2.75) is 46.5 Å². The van der Waals surface area contributed by atoms with Crippen LogP contribution in [0.5, 0.6) is 0 Å². The molecule has 5 nitrogen and oxygen atoms in total. The van der Waals surface area contributed by atoms with Gasteiger partial charge >= 0.3 is 0 Å². The van der Waals surface area contributed by atoms with Gasteiger partial charge in [0.05, 0.1) is 0 Å². The van der Waals surface area contributed by atoms with Crippen LogP contribution in [0.4, 0.5) is 5.82 Å². The van der Waals surface area contributed by atoms with Gasteiger partial charge in [0.1, 0.15) is 22.9 Å². The minimum atomic E-state index is 0.0104. The number of anilines is 1. The number of hydrogen-bond acceptors (Lipinski definition) is 3. The smallest absolute Gasteiger partial charge is 0.225 e. The monoisotopic (exact) mass is 325 g/mol. The maximum Gasteiger partial charge on any atom is 0.225 e. The molecule has 3 aromatic rings. The lowest BCUT2D eigenvalue weighted by Crippen LogP contribution is -2.13. The van der Waals surface area contributed by atoms with Crippen LogP contribution in [0.1, 0.15) is 43.9 Å². The summed E-state index contributed by atoms with van der Waals surface area (Å²) in [6.07, 6.45) is 5.54. The SMILES string of the molecule is CCCCCC(=O)Nc1c(-c2ccc(C)o2)nc2ccc(C)cn12. The molecule has 3 rings (SSSR count). The van der Waals surface area contributed by atoms with Gasteiger partial charge in [0.2, 0.25) is 5.91 Å². The van der Waals surface area contributed by atoms with Crippen molar-refractivity contribution in [1.82, 2.24) is 9.38 Å². The molecule has 3 aromatic heterocycles. The summed E-state index contributed by atoms with van der Waals surface area (Å²) >= 11 is 0. The zero-order valence-corrected chi connectivity index (χ0v) is 14.4. The average Bonchev–Trinajstić information content (AvgIpc) is 3.12. The summed E-state index contributed by atoms with van der Waals surface area (Å²) in [5, 5.41) is 3.03. The Hall–Kier alpha value is -2.56. The highest BCUT2D eigenvalue weighted by atomic mass is 16.3. The molecule has 0 aliphatic carbocycles. The van der Waals surface area contributed by atoms with Gasteiger partial charge in [0, 0.05) is 12.6 Å². The summed E-state index contributed by atoms with van der Waals surface area (Å²) in [5.74, 6) is 2.16.